The van der Waals surface area contributed by atoms with Crippen molar-refractivity contribution in [2.75, 3.05) is 7.05 Å². The molecule has 0 radical (unpaired) electrons. The van der Waals surface area contributed by atoms with Crippen molar-refractivity contribution in [2.45, 2.75) is 18.9 Å². The normalized spacial score (nSPS) is 12.1. The summed E-state index contributed by atoms with van der Waals surface area (Å²) in [6.07, 6.45) is -4.02. The third kappa shape index (κ3) is 2.74. The number of hydrogen-bond acceptors (Lipinski definition) is 3. The van der Waals surface area contributed by atoms with E-state index in [0.717, 1.165) is 11.7 Å². The molecule has 0 aliphatic carbocycles. The number of rotatable bonds is 4. The molecule has 108 valence electrons. The highest BCUT2D eigenvalue weighted by Gasteiger charge is 2.50. The fourth-order valence-electron chi connectivity index (χ4n) is 1.61. The molecule has 1 aromatic heterocycles. The van der Waals surface area contributed by atoms with Crippen molar-refractivity contribution in [3.05, 3.63) is 29.3 Å². The maximum Gasteiger partial charge on any atom is 0.383 e. The molecule has 2 rings (SSSR count). The number of amides is 1. The average Bonchev–Trinajstić information content (AvgIpc) is 2.79. The van der Waals surface area contributed by atoms with Gasteiger partial charge >= 0.3 is 12.3 Å². The Morgan fingerprint density at radius 1 is 1.40 bits per heavy atom. The number of alkyl halides is 4. The smallest absolute Gasteiger partial charge is 0.334 e. The minimum atomic E-state index is -4.68. The van der Waals surface area contributed by atoms with E-state index in [-0.39, 0.29) is 6.54 Å². The van der Waals surface area contributed by atoms with E-state index in [0.29, 0.717) is 15.4 Å². The molecule has 0 aliphatic rings. The van der Waals surface area contributed by atoms with Gasteiger partial charge in [0.2, 0.25) is 0 Å². The lowest BCUT2D eigenvalue weighted by Gasteiger charge is -2.21. The van der Waals surface area contributed by atoms with Gasteiger partial charge in [0.05, 0.1) is 16.8 Å². The van der Waals surface area contributed by atoms with Gasteiger partial charge in [0.1, 0.15) is 5.01 Å². The van der Waals surface area contributed by atoms with E-state index < -0.39 is 18.3 Å². The molecule has 0 unspecified atom stereocenters. The summed E-state index contributed by atoms with van der Waals surface area (Å²) in [6.45, 7) is -0.236. The largest absolute Gasteiger partial charge is 0.383 e. The Morgan fingerprint density at radius 2 is 2.05 bits per heavy atom. The lowest BCUT2D eigenvalue weighted by Crippen LogP contribution is -2.45. The van der Waals surface area contributed by atoms with E-state index in [1.54, 1.807) is 24.3 Å². The van der Waals surface area contributed by atoms with Crippen LogP contribution in [0, 0.1) is 0 Å². The maximum atomic E-state index is 12.9. The van der Waals surface area contributed by atoms with Gasteiger partial charge in [-0.05, 0) is 12.1 Å². The average molecular weight is 306 g/mol. The van der Waals surface area contributed by atoms with E-state index in [4.69, 9.17) is 0 Å². The molecular formula is C12H10F4N2OS. The molecule has 1 amide bonds. The van der Waals surface area contributed by atoms with Gasteiger partial charge in [0.15, 0.2) is 0 Å². The summed E-state index contributed by atoms with van der Waals surface area (Å²) in [4.78, 5) is 16.0. The maximum absolute atomic E-state index is 12.9. The highest BCUT2D eigenvalue weighted by Crippen LogP contribution is 2.27. The first-order chi connectivity index (χ1) is 9.32. The van der Waals surface area contributed by atoms with Crippen LogP contribution in [0.25, 0.3) is 10.2 Å². The van der Waals surface area contributed by atoms with Crippen molar-refractivity contribution in [3.63, 3.8) is 0 Å². The molecule has 1 heterocycles. The monoisotopic (exact) mass is 306 g/mol. The fraction of sp³-hybridized carbons (Fsp3) is 0.333. The molecule has 0 aliphatic heterocycles. The van der Waals surface area contributed by atoms with Gasteiger partial charge in [-0.1, -0.05) is 12.1 Å². The van der Waals surface area contributed by atoms with Crippen LogP contribution in [0.15, 0.2) is 24.3 Å². The molecule has 0 saturated heterocycles. The summed E-state index contributed by atoms with van der Waals surface area (Å²) in [5.41, 5.74) is 0.675. The molecule has 0 fully saturated rings. The van der Waals surface area contributed by atoms with Crippen LogP contribution >= 0.6 is 11.3 Å². The molecule has 3 nitrogen and oxygen atoms in total. The zero-order chi connectivity index (χ0) is 14.9. The van der Waals surface area contributed by atoms with Crippen LogP contribution in [0.4, 0.5) is 17.6 Å². The number of hydrogen-bond donors (Lipinski definition) is 0. The predicted octanol–water partition coefficient (Wildman–Crippen LogP) is 3.16. The van der Waals surface area contributed by atoms with Crippen LogP contribution in [0.5, 0.6) is 0 Å². The molecule has 0 saturated carbocycles. The number of fused-ring (bicyclic) bond motifs is 1. The van der Waals surface area contributed by atoms with Crippen molar-refractivity contribution in [3.8, 4) is 0 Å². The van der Waals surface area contributed by atoms with Crippen LogP contribution in [-0.4, -0.2) is 35.2 Å². The summed E-state index contributed by atoms with van der Waals surface area (Å²) < 4.78 is 51.0. The standard InChI is InChI=1S/C12H10F4N2OS/c1-18(11(19)12(15,16)10(13)14)6-9-17-7-4-2-3-5-8(7)20-9/h2-5,10H,6H2,1H3. The summed E-state index contributed by atoms with van der Waals surface area (Å²) >= 11 is 1.22. The molecule has 0 bridgehead atoms. The third-order valence-electron chi connectivity index (χ3n) is 2.62. The Balaban J connectivity index is 2.15. The Kier molecular flexibility index (Phi) is 3.94. The van der Waals surface area contributed by atoms with Gasteiger partial charge in [-0.15, -0.1) is 11.3 Å². The second-order valence-electron chi connectivity index (χ2n) is 4.16. The van der Waals surface area contributed by atoms with Gasteiger partial charge in [0.25, 0.3) is 5.91 Å². The predicted molar refractivity (Wildman–Crippen MR) is 67.0 cm³/mol. The van der Waals surface area contributed by atoms with Crippen molar-refractivity contribution in [1.82, 2.24) is 9.88 Å². The Bertz CT molecular complexity index is 596. The minimum Gasteiger partial charge on any atom is -0.334 e. The number of carbonyl (C=O) groups excluding carboxylic acids is 1. The molecule has 0 spiro atoms. The molecule has 0 N–H and O–H groups in total. The summed E-state index contributed by atoms with van der Waals surface area (Å²) in [5, 5.41) is 0.409. The molecule has 1 aromatic carbocycles. The third-order valence-corrected chi connectivity index (χ3v) is 3.64. The molecule has 2 aromatic rings. The number of halogens is 4. The van der Waals surface area contributed by atoms with E-state index in [1.165, 1.54) is 11.3 Å². The van der Waals surface area contributed by atoms with Crippen LogP contribution in [0.1, 0.15) is 5.01 Å². The van der Waals surface area contributed by atoms with Crippen molar-refractivity contribution in [2.24, 2.45) is 0 Å². The Labute approximate surface area is 115 Å². The molecule has 20 heavy (non-hydrogen) atoms. The summed E-state index contributed by atoms with van der Waals surface area (Å²) in [6, 6.07) is 7.10. The highest BCUT2D eigenvalue weighted by atomic mass is 32.1. The molecule has 0 atom stereocenters. The van der Waals surface area contributed by atoms with E-state index in [9.17, 15) is 22.4 Å². The van der Waals surface area contributed by atoms with Crippen molar-refractivity contribution >= 4 is 27.5 Å². The van der Waals surface area contributed by atoms with Crippen molar-refractivity contribution < 1.29 is 22.4 Å². The molecular weight excluding hydrogens is 296 g/mol. The van der Waals surface area contributed by atoms with Crippen LogP contribution in [0.3, 0.4) is 0 Å². The van der Waals surface area contributed by atoms with Gasteiger partial charge in [-0.3, -0.25) is 4.79 Å². The van der Waals surface area contributed by atoms with Gasteiger partial charge in [-0.2, -0.15) is 8.78 Å². The quantitative estimate of drug-likeness (QED) is 0.813. The number of para-hydroxylation sites is 1. The minimum absolute atomic E-state index is 0.236. The van der Waals surface area contributed by atoms with Crippen LogP contribution < -0.4 is 0 Å². The van der Waals surface area contributed by atoms with Gasteiger partial charge in [0, 0.05) is 7.05 Å². The first kappa shape index (κ1) is 14.7. The number of nitrogens with zero attached hydrogens (tertiary/aromatic N) is 2. The number of aromatic nitrogens is 1. The Hall–Kier alpha value is -1.70. The highest BCUT2D eigenvalue weighted by molar-refractivity contribution is 7.18. The van der Waals surface area contributed by atoms with Crippen molar-refractivity contribution in [1.29, 1.82) is 0 Å². The van der Waals surface area contributed by atoms with E-state index in [1.807, 2.05) is 0 Å². The fourth-order valence-corrected chi connectivity index (χ4v) is 2.63. The first-order valence-corrected chi connectivity index (χ1v) is 6.40. The van der Waals surface area contributed by atoms with E-state index in [2.05, 4.69) is 4.98 Å². The summed E-state index contributed by atoms with van der Waals surface area (Å²) in [7, 11) is 1.05. The lowest BCUT2D eigenvalue weighted by atomic mass is 10.3. The van der Waals surface area contributed by atoms with Crippen LogP contribution in [0.2, 0.25) is 0 Å². The van der Waals surface area contributed by atoms with Gasteiger partial charge in [-0.25, -0.2) is 13.8 Å². The Morgan fingerprint density at radius 3 is 2.65 bits per heavy atom. The topological polar surface area (TPSA) is 33.2 Å². The second-order valence-corrected chi connectivity index (χ2v) is 5.28. The first-order valence-electron chi connectivity index (χ1n) is 5.58. The number of thiazole rings is 1. The number of carbonyl (C=O) groups is 1. The molecule has 8 heteroatoms. The second kappa shape index (κ2) is 5.35. The zero-order valence-corrected chi connectivity index (χ0v) is 11.1. The number of benzene rings is 1. The van der Waals surface area contributed by atoms with E-state index >= 15 is 0 Å². The lowest BCUT2D eigenvalue weighted by molar-refractivity contribution is -0.179. The SMILES string of the molecule is CN(Cc1nc2ccccc2s1)C(=O)C(F)(F)C(F)F. The van der Waals surface area contributed by atoms with Gasteiger partial charge < -0.3 is 4.90 Å². The van der Waals surface area contributed by atoms with Crippen LogP contribution in [-0.2, 0) is 11.3 Å². The summed E-state index contributed by atoms with van der Waals surface area (Å²) in [5.74, 6) is -6.59. The zero-order valence-electron chi connectivity index (χ0n) is 10.3.